The zero-order valence-corrected chi connectivity index (χ0v) is 17.2. The quantitative estimate of drug-likeness (QED) is 0.396. The van der Waals surface area contributed by atoms with Gasteiger partial charge in [0.1, 0.15) is 0 Å². The van der Waals surface area contributed by atoms with Gasteiger partial charge in [0, 0.05) is 15.8 Å². The molecule has 0 bridgehead atoms. The smallest absolute Gasteiger partial charge is 0.307 e. The van der Waals surface area contributed by atoms with Crippen LogP contribution in [0.4, 0.5) is 5.69 Å². The molecule has 1 heterocycles. The maximum absolute atomic E-state index is 12.5. The number of hydrogen-bond donors (Lipinski definition) is 3. The Hall–Kier alpha value is -1.50. The summed E-state index contributed by atoms with van der Waals surface area (Å²) < 4.78 is 5.57. The van der Waals surface area contributed by atoms with Crippen molar-refractivity contribution in [2.24, 2.45) is 11.8 Å². The first-order valence-corrected chi connectivity index (χ1v) is 11.1. The van der Waals surface area contributed by atoms with Crippen LogP contribution in [0.1, 0.15) is 45.4 Å². The van der Waals surface area contributed by atoms with E-state index in [9.17, 15) is 15.0 Å². The van der Waals surface area contributed by atoms with E-state index in [1.165, 1.54) is 11.8 Å². The molecule has 6 atom stereocenters. The molecule has 28 heavy (non-hydrogen) atoms. The number of hydrogen-bond acceptors (Lipinski definition) is 6. The number of aliphatic hydroxyl groups is 2. The third-order valence-electron chi connectivity index (χ3n) is 5.72. The third kappa shape index (κ3) is 5.52. The van der Waals surface area contributed by atoms with Crippen molar-refractivity contribution in [3.63, 3.8) is 0 Å². The van der Waals surface area contributed by atoms with E-state index in [0.29, 0.717) is 18.5 Å². The minimum atomic E-state index is -0.736. The van der Waals surface area contributed by atoms with Crippen molar-refractivity contribution in [3.05, 3.63) is 36.4 Å². The predicted molar refractivity (Wildman–Crippen MR) is 112 cm³/mol. The van der Waals surface area contributed by atoms with Gasteiger partial charge in [-0.25, -0.2) is 0 Å². The molecule has 6 heteroatoms. The Balaban J connectivity index is 1.86. The van der Waals surface area contributed by atoms with Crippen molar-refractivity contribution in [3.8, 4) is 0 Å². The van der Waals surface area contributed by atoms with Crippen LogP contribution in [0.5, 0.6) is 0 Å². The van der Waals surface area contributed by atoms with Gasteiger partial charge in [0.2, 0.25) is 0 Å². The van der Waals surface area contributed by atoms with E-state index in [4.69, 9.17) is 10.5 Å². The van der Waals surface area contributed by atoms with Crippen molar-refractivity contribution in [1.82, 2.24) is 0 Å². The van der Waals surface area contributed by atoms with Crippen molar-refractivity contribution in [1.29, 1.82) is 0 Å². The lowest BCUT2D eigenvalue weighted by molar-refractivity contribution is -0.149. The minimum Gasteiger partial charge on any atom is -0.463 e. The molecule has 1 aliphatic carbocycles. The maximum Gasteiger partial charge on any atom is 0.307 e. The largest absolute Gasteiger partial charge is 0.463 e. The molecule has 0 aromatic heterocycles. The normalized spacial score (nSPS) is 35.8. The zero-order chi connectivity index (χ0) is 20.1. The van der Waals surface area contributed by atoms with Crippen LogP contribution >= 0.6 is 11.8 Å². The molecule has 154 valence electrons. The van der Waals surface area contributed by atoms with Gasteiger partial charge in [0.25, 0.3) is 0 Å². The number of thioether (sulfide) groups is 1. The molecular weight excluding hydrogens is 374 g/mol. The number of carbonyl (C=O) groups excluding carboxylic acids is 1. The summed E-state index contributed by atoms with van der Waals surface area (Å²) >= 11 is 1.43. The number of rotatable bonds is 2. The van der Waals surface area contributed by atoms with Crippen LogP contribution in [0.25, 0.3) is 0 Å². The number of fused-ring (bicyclic) bond motifs is 1. The van der Waals surface area contributed by atoms with Gasteiger partial charge < -0.3 is 20.7 Å². The van der Waals surface area contributed by atoms with E-state index in [-0.39, 0.29) is 35.6 Å². The lowest BCUT2D eigenvalue weighted by Crippen LogP contribution is -2.35. The average molecular weight is 406 g/mol. The van der Waals surface area contributed by atoms with E-state index >= 15 is 0 Å². The second-order valence-electron chi connectivity index (χ2n) is 8.00. The zero-order valence-electron chi connectivity index (χ0n) is 16.4. The minimum absolute atomic E-state index is 0.0836. The van der Waals surface area contributed by atoms with Gasteiger partial charge in [0.15, 0.2) is 0 Å². The highest BCUT2D eigenvalue weighted by atomic mass is 32.2. The number of carbonyl (C=O) groups is 1. The topological polar surface area (TPSA) is 92.8 Å². The number of para-hydroxylation sites is 1. The van der Waals surface area contributed by atoms with Gasteiger partial charge in [-0.15, -0.1) is 11.8 Å². The molecule has 0 unspecified atom stereocenters. The van der Waals surface area contributed by atoms with Crippen LogP contribution in [0.3, 0.4) is 0 Å². The summed E-state index contributed by atoms with van der Waals surface area (Å²) in [7, 11) is 0. The second kappa shape index (κ2) is 9.81. The summed E-state index contributed by atoms with van der Waals surface area (Å²) in [5, 5.41) is 21.1. The van der Waals surface area contributed by atoms with Crippen molar-refractivity contribution in [2.75, 3.05) is 5.73 Å². The molecule has 2 aliphatic rings. The molecular formula is C22H31NO4S. The van der Waals surface area contributed by atoms with Crippen LogP contribution in [0.2, 0.25) is 0 Å². The van der Waals surface area contributed by atoms with E-state index in [1.54, 1.807) is 0 Å². The molecule has 0 saturated heterocycles. The van der Waals surface area contributed by atoms with Gasteiger partial charge in [-0.2, -0.15) is 0 Å². The summed E-state index contributed by atoms with van der Waals surface area (Å²) in [6, 6.07) is 7.49. The Kier molecular flexibility index (Phi) is 7.43. The molecule has 0 radical (unpaired) electrons. The molecule has 3 rings (SSSR count). The van der Waals surface area contributed by atoms with E-state index in [1.807, 2.05) is 31.2 Å². The summed E-state index contributed by atoms with van der Waals surface area (Å²) in [6.07, 6.45) is 7.01. The first-order chi connectivity index (χ1) is 13.4. The fraction of sp³-hybridized carbons (Fsp3) is 0.591. The number of cyclic esters (lactones) is 1. The molecule has 4 N–H and O–H groups in total. The summed E-state index contributed by atoms with van der Waals surface area (Å²) in [5.41, 5.74) is 6.72. The Bertz CT molecular complexity index is 695. The summed E-state index contributed by atoms with van der Waals surface area (Å²) in [6.45, 7) is 1.92. The number of nitrogens with two attached hydrogens (primary N) is 1. The Morgan fingerprint density at radius 2 is 2.00 bits per heavy atom. The van der Waals surface area contributed by atoms with Gasteiger partial charge in [0.05, 0.1) is 24.7 Å². The van der Waals surface area contributed by atoms with E-state index < -0.39 is 12.2 Å². The summed E-state index contributed by atoms with van der Waals surface area (Å²) in [4.78, 5) is 13.4. The first-order valence-electron chi connectivity index (χ1n) is 10.2. The third-order valence-corrected chi connectivity index (χ3v) is 7.09. The maximum atomic E-state index is 12.5. The number of aliphatic hydroxyl groups excluding tert-OH is 2. The molecule has 1 fully saturated rings. The van der Waals surface area contributed by atoms with E-state index in [2.05, 4.69) is 12.2 Å². The van der Waals surface area contributed by atoms with Crippen LogP contribution < -0.4 is 5.73 Å². The van der Waals surface area contributed by atoms with Crippen molar-refractivity contribution < 1.29 is 19.7 Å². The molecule has 1 aliphatic heterocycles. The molecule has 1 aromatic rings. The SMILES string of the molecule is C[C@H]1CCC/C=C/[C@@H]2C[C@H](O)C[C@H]2[C@H](O)[C@H](Sc2ccccc2N)CC(=O)O1. The predicted octanol–water partition coefficient (Wildman–Crippen LogP) is 3.54. The average Bonchev–Trinajstić information content (AvgIpc) is 3.02. The van der Waals surface area contributed by atoms with Gasteiger partial charge in [-0.3, -0.25) is 4.79 Å². The van der Waals surface area contributed by atoms with Crippen molar-refractivity contribution >= 4 is 23.4 Å². The molecule has 1 aromatic carbocycles. The summed E-state index contributed by atoms with van der Waals surface area (Å²) in [5.74, 6) is -0.254. The van der Waals surface area contributed by atoms with Gasteiger partial charge in [-0.1, -0.05) is 24.3 Å². The van der Waals surface area contributed by atoms with Gasteiger partial charge >= 0.3 is 5.97 Å². The number of benzene rings is 1. The Morgan fingerprint density at radius 1 is 1.21 bits per heavy atom. The van der Waals surface area contributed by atoms with Crippen LogP contribution in [-0.4, -0.2) is 39.7 Å². The lowest BCUT2D eigenvalue weighted by atomic mass is 9.87. The van der Waals surface area contributed by atoms with Crippen LogP contribution in [0.15, 0.2) is 41.3 Å². The first kappa shape index (κ1) is 21.2. The number of allylic oxidation sites excluding steroid dienone is 2. The molecule has 1 saturated carbocycles. The van der Waals surface area contributed by atoms with Crippen molar-refractivity contribution in [2.45, 2.75) is 73.9 Å². The fourth-order valence-electron chi connectivity index (χ4n) is 4.24. The molecule has 0 spiro atoms. The lowest BCUT2D eigenvalue weighted by Gasteiger charge is -2.30. The number of ether oxygens (including phenoxy) is 1. The van der Waals surface area contributed by atoms with E-state index in [0.717, 1.165) is 24.2 Å². The van der Waals surface area contributed by atoms with Crippen LogP contribution in [0, 0.1) is 11.8 Å². The molecule has 0 amide bonds. The highest BCUT2D eigenvalue weighted by molar-refractivity contribution is 8.00. The Labute approximate surface area is 171 Å². The Morgan fingerprint density at radius 3 is 2.79 bits per heavy atom. The number of esters is 1. The monoisotopic (exact) mass is 405 g/mol. The standard InChI is InChI=1S/C22H31NO4S/c1-14-7-3-2-4-8-15-11-16(24)12-17(15)22(26)20(13-21(25)27-14)28-19-10-6-5-9-18(19)23/h4-6,8-10,14-17,20,22,24,26H,2-3,7,11-13,23H2,1H3/b8-4+/t14-,15+,16-,17+,20+,22-/m0/s1. The van der Waals surface area contributed by atoms with Gasteiger partial charge in [-0.05, 0) is 63.0 Å². The van der Waals surface area contributed by atoms with Crippen LogP contribution in [-0.2, 0) is 9.53 Å². The highest BCUT2D eigenvalue weighted by Gasteiger charge is 2.40. The number of nitrogen functional groups attached to an aromatic ring is 1. The fourth-order valence-corrected chi connectivity index (χ4v) is 5.48. The number of anilines is 1. The molecule has 5 nitrogen and oxygen atoms in total. The second-order valence-corrected chi connectivity index (χ2v) is 9.28. The highest BCUT2D eigenvalue weighted by Crippen LogP contribution is 2.42.